The van der Waals surface area contributed by atoms with E-state index in [0.717, 1.165) is 17.3 Å². The molecule has 2 aromatic carbocycles. The maximum absolute atomic E-state index is 13.6. The molecule has 0 aliphatic carbocycles. The highest BCUT2D eigenvalue weighted by Gasteiger charge is 2.39. The predicted molar refractivity (Wildman–Crippen MR) is 123 cm³/mol. The van der Waals surface area contributed by atoms with Crippen LogP contribution in [-0.2, 0) is 6.18 Å². The van der Waals surface area contributed by atoms with E-state index in [-0.39, 0.29) is 18.5 Å². The summed E-state index contributed by atoms with van der Waals surface area (Å²) in [4.78, 5) is 27.4. The highest BCUT2D eigenvalue weighted by Crippen LogP contribution is 2.31. The summed E-state index contributed by atoms with van der Waals surface area (Å²) >= 11 is 0. The minimum absolute atomic E-state index is 0.0371. The highest BCUT2D eigenvalue weighted by atomic mass is 19.4. The van der Waals surface area contributed by atoms with Crippen LogP contribution in [0.5, 0.6) is 5.75 Å². The molecule has 1 aliphatic heterocycles. The Balaban J connectivity index is 1.46. The van der Waals surface area contributed by atoms with Gasteiger partial charge in [0.15, 0.2) is 5.69 Å². The minimum atomic E-state index is -4.80. The number of carbonyl (C=O) groups excluding carboxylic acids is 2. The van der Waals surface area contributed by atoms with Gasteiger partial charge < -0.3 is 15.0 Å². The number of hydrogen-bond donors (Lipinski definition) is 1. The van der Waals surface area contributed by atoms with Crippen LogP contribution in [0, 0.1) is 0 Å². The first-order valence-electron chi connectivity index (χ1n) is 11.3. The van der Waals surface area contributed by atoms with Gasteiger partial charge in [-0.15, -0.1) is 0 Å². The molecule has 1 saturated heterocycles. The average Bonchev–Trinajstić information content (AvgIpc) is 3.51. The zero-order chi connectivity index (χ0) is 25.0. The second kappa shape index (κ2) is 10.2. The maximum atomic E-state index is 13.6. The van der Waals surface area contributed by atoms with Crippen LogP contribution in [0.1, 0.15) is 46.2 Å². The van der Waals surface area contributed by atoms with Crippen molar-refractivity contribution in [3.8, 4) is 11.4 Å². The Morgan fingerprint density at radius 2 is 1.83 bits per heavy atom. The Morgan fingerprint density at radius 1 is 1.11 bits per heavy atom. The van der Waals surface area contributed by atoms with E-state index in [1.54, 1.807) is 59.5 Å². The fourth-order valence-electron chi connectivity index (χ4n) is 4.11. The van der Waals surface area contributed by atoms with Crippen LogP contribution in [0.15, 0.2) is 60.8 Å². The van der Waals surface area contributed by atoms with Crippen molar-refractivity contribution in [2.75, 3.05) is 19.7 Å². The summed E-state index contributed by atoms with van der Waals surface area (Å²) in [5.41, 5.74) is -0.938. The molecule has 0 radical (unpaired) electrons. The van der Waals surface area contributed by atoms with Crippen molar-refractivity contribution in [1.82, 2.24) is 20.0 Å². The van der Waals surface area contributed by atoms with Crippen molar-refractivity contribution in [1.29, 1.82) is 0 Å². The number of alkyl halides is 3. The number of amides is 2. The molecule has 0 bridgehead atoms. The Labute approximate surface area is 200 Å². The summed E-state index contributed by atoms with van der Waals surface area (Å²) in [6, 6.07) is 14.7. The predicted octanol–water partition coefficient (Wildman–Crippen LogP) is 4.32. The molecular formula is C25H25F3N4O3. The number of nitrogens with one attached hydrogen (secondary N) is 1. The molecule has 10 heteroatoms. The summed E-state index contributed by atoms with van der Waals surface area (Å²) in [5.74, 6) is -0.427. The monoisotopic (exact) mass is 486 g/mol. The molecule has 0 spiro atoms. The molecule has 2 heterocycles. The second-order valence-corrected chi connectivity index (χ2v) is 8.13. The maximum Gasteiger partial charge on any atom is 0.435 e. The second-order valence-electron chi connectivity index (χ2n) is 8.13. The van der Waals surface area contributed by atoms with Gasteiger partial charge in [0.05, 0.1) is 17.9 Å². The van der Waals surface area contributed by atoms with Crippen LogP contribution >= 0.6 is 0 Å². The van der Waals surface area contributed by atoms with Crippen LogP contribution in [0.3, 0.4) is 0 Å². The number of ether oxygens (including phenoxy) is 1. The van der Waals surface area contributed by atoms with E-state index < -0.39 is 23.3 Å². The number of aromatic nitrogens is 2. The number of carbonyl (C=O) groups is 2. The summed E-state index contributed by atoms with van der Waals surface area (Å²) in [7, 11) is 0. The molecule has 1 atom stereocenters. The van der Waals surface area contributed by atoms with Gasteiger partial charge in [0, 0.05) is 30.9 Å². The molecule has 35 heavy (non-hydrogen) atoms. The van der Waals surface area contributed by atoms with Crippen molar-refractivity contribution in [3.63, 3.8) is 0 Å². The van der Waals surface area contributed by atoms with Gasteiger partial charge in [-0.25, -0.2) is 4.68 Å². The lowest BCUT2D eigenvalue weighted by Crippen LogP contribution is -2.43. The van der Waals surface area contributed by atoms with Crippen molar-refractivity contribution in [2.45, 2.75) is 32.0 Å². The number of halogens is 3. The van der Waals surface area contributed by atoms with E-state index in [0.29, 0.717) is 36.6 Å². The number of nitrogens with zero attached hydrogens (tertiary/aromatic N) is 3. The van der Waals surface area contributed by atoms with Gasteiger partial charge in [-0.2, -0.15) is 18.3 Å². The topological polar surface area (TPSA) is 76.5 Å². The van der Waals surface area contributed by atoms with Crippen molar-refractivity contribution in [3.05, 3.63) is 77.6 Å². The molecule has 1 unspecified atom stereocenters. The molecule has 1 N–H and O–H groups in total. The van der Waals surface area contributed by atoms with Gasteiger partial charge in [0.2, 0.25) is 0 Å². The highest BCUT2D eigenvalue weighted by molar-refractivity contribution is 5.96. The van der Waals surface area contributed by atoms with Crippen LogP contribution in [0.25, 0.3) is 5.69 Å². The Hall–Kier alpha value is -3.82. The zero-order valence-corrected chi connectivity index (χ0v) is 19.1. The van der Waals surface area contributed by atoms with Crippen molar-refractivity contribution < 1.29 is 27.5 Å². The summed E-state index contributed by atoms with van der Waals surface area (Å²) < 4.78 is 47.2. The zero-order valence-electron chi connectivity index (χ0n) is 19.1. The first-order valence-corrected chi connectivity index (χ1v) is 11.3. The number of para-hydroxylation sites is 1. The van der Waals surface area contributed by atoms with E-state index in [1.165, 1.54) is 0 Å². The lowest BCUT2D eigenvalue weighted by molar-refractivity contribution is -0.141. The average molecular weight is 486 g/mol. The Kier molecular flexibility index (Phi) is 7.09. The molecule has 3 aromatic rings. The summed E-state index contributed by atoms with van der Waals surface area (Å²) in [6.07, 6.45) is -2.35. The van der Waals surface area contributed by atoms with Gasteiger partial charge in [0.1, 0.15) is 5.75 Å². The molecule has 184 valence electrons. The lowest BCUT2D eigenvalue weighted by atomic mass is 10.1. The molecule has 1 fully saturated rings. The van der Waals surface area contributed by atoms with Crippen LogP contribution in [0.4, 0.5) is 13.2 Å². The summed E-state index contributed by atoms with van der Waals surface area (Å²) in [6.45, 7) is 2.93. The first-order chi connectivity index (χ1) is 16.8. The van der Waals surface area contributed by atoms with Crippen LogP contribution in [-0.4, -0.2) is 52.2 Å². The minimum Gasteiger partial charge on any atom is -0.494 e. The first kappa shape index (κ1) is 24.3. The molecule has 1 aromatic heterocycles. The lowest BCUT2D eigenvalue weighted by Gasteiger charge is -2.25. The third kappa shape index (κ3) is 5.47. The molecule has 7 nitrogen and oxygen atoms in total. The number of rotatable bonds is 7. The summed E-state index contributed by atoms with van der Waals surface area (Å²) in [5, 5.41) is 6.19. The van der Waals surface area contributed by atoms with E-state index in [4.69, 9.17) is 4.74 Å². The van der Waals surface area contributed by atoms with Gasteiger partial charge in [-0.3, -0.25) is 9.59 Å². The SMILES string of the molecule is CCOc1ccc(C(=O)N2CCCC2CNC(=O)c2cn(-c3ccccc3)nc2C(F)(F)F)cc1. The van der Waals surface area contributed by atoms with Gasteiger partial charge in [-0.05, 0) is 56.2 Å². The van der Waals surface area contributed by atoms with E-state index >= 15 is 0 Å². The fourth-order valence-corrected chi connectivity index (χ4v) is 4.11. The normalized spacial score (nSPS) is 15.8. The standard InChI is InChI=1S/C25H25F3N4O3/c1-2-35-20-12-10-17(11-13-20)24(34)31-14-6-9-19(31)15-29-23(33)21-16-32(18-7-4-3-5-8-18)30-22(21)25(26,27)28/h3-5,7-8,10-13,16,19H,2,6,9,14-15H2,1H3,(H,29,33). The third-order valence-electron chi connectivity index (χ3n) is 5.80. The third-order valence-corrected chi connectivity index (χ3v) is 5.80. The molecule has 4 rings (SSSR count). The largest absolute Gasteiger partial charge is 0.494 e. The number of benzene rings is 2. The van der Waals surface area contributed by atoms with Crippen LogP contribution < -0.4 is 10.1 Å². The van der Waals surface area contributed by atoms with Gasteiger partial charge in [0.25, 0.3) is 11.8 Å². The van der Waals surface area contributed by atoms with E-state index in [1.807, 2.05) is 6.92 Å². The smallest absolute Gasteiger partial charge is 0.435 e. The molecular weight excluding hydrogens is 461 g/mol. The Bertz CT molecular complexity index is 1180. The van der Waals surface area contributed by atoms with E-state index in [2.05, 4.69) is 10.4 Å². The van der Waals surface area contributed by atoms with Crippen LogP contribution in [0.2, 0.25) is 0 Å². The quantitative estimate of drug-likeness (QED) is 0.540. The van der Waals surface area contributed by atoms with Crippen molar-refractivity contribution in [2.24, 2.45) is 0 Å². The molecule has 0 saturated carbocycles. The fraction of sp³-hybridized carbons (Fsp3) is 0.320. The van der Waals surface area contributed by atoms with Gasteiger partial charge >= 0.3 is 6.18 Å². The molecule has 2 amide bonds. The molecule has 1 aliphatic rings. The number of hydrogen-bond acceptors (Lipinski definition) is 4. The Morgan fingerprint density at radius 3 is 2.49 bits per heavy atom. The van der Waals surface area contributed by atoms with Crippen molar-refractivity contribution >= 4 is 11.8 Å². The van der Waals surface area contributed by atoms with Gasteiger partial charge in [-0.1, -0.05) is 18.2 Å². The number of likely N-dealkylation sites (tertiary alicyclic amines) is 1. The van der Waals surface area contributed by atoms with E-state index in [9.17, 15) is 22.8 Å².